The van der Waals surface area contributed by atoms with Gasteiger partial charge < -0.3 is 10.5 Å². The number of nitrogens with zero attached hydrogens (tertiary/aromatic N) is 1. The standard InChI is InChI=1S/C16H25BrN2O/c1-13-3-4-14(16(17)11-13)12-19-8-5-15(6-9-19)20-10-2-7-18/h3-4,11,15H,2,5-10,12,18H2,1H3. The first-order valence-electron chi connectivity index (χ1n) is 7.48. The van der Waals surface area contributed by atoms with Gasteiger partial charge in [0.05, 0.1) is 6.10 Å². The van der Waals surface area contributed by atoms with Gasteiger partial charge in [-0.3, -0.25) is 4.90 Å². The number of aryl methyl sites for hydroxylation is 1. The minimum absolute atomic E-state index is 0.430. The Morgan fingerprint density at radius 1 is 1.35 bits per heavy atom. The number of halogens is 1. The van der Waals surface area contributed by atoms with Gasteiger partial charge in [0.2, 0.25) is 0 Å². The second-order valence-corrected chi connectivity index (χ2v) is 6.44. The zero-order chi connectivity index (χ0) is 14.4. The molecule has 1 aliphatic heterocycles. The van der Waals surface area contributed by atoms with Gasteiger partial charge in [-0.05, 0) is 49.9 Å². The van der Waals surface area contributed by atoms with Crippen molar-refractivity contribution in [2.45, 2.75) is 38.8 Å². The van der Waals surface area contributed by atoms with E-state index in [2.05, 4.69) is 46.0 Å². The van der Waals surface area contributed by atoms with Crippen LogP contribution in [0.5, 0.6) is 0 Å². The molecule has 0 aliphatic carbocycles. The summed E-state index contributed by atoms with van der Waals surface area (Å²) < 4.78 is 7.07. The third kappa shape index (κ3) is 4.85. The molecule has 1 aromatic rings. The third-order valence-electron chi connectivity index (χ3n) is 3.84. The van der Waals surface area contributed by atoms with E-state index in [0.29, 0.717) is 6.10 Å². The van der Waals surface area contributed by atoms with Crippen molar-refractivity contribution >= 4 is 15.9 Å². The first-order valence-corrected chi connectivity index (χ1v) is 8.27. The normalized spacial score (nSPS) is 17.6. The Balaban J connectivity index is 1.76. The lowest BCUT2D eigenvalue weighted by atomic mass is 10.1. The molecule has 0 saturated carbocycles. The molecule has 3 nitrogen and oxygen atoms in total. The van der Waals surface area contributed by atoms with Gasteiger partial charge >= 0.3 is 0 Å². The molecule has 2 N–H and O–H groups in total. The number of hydrogen-bond donors (Lipinski definition) is 1. The highest BCUT2D eigenvalue weighted by molar-refractivity contribution is 9.10. The minimum Gasteiger partial charge on any atom is -0.378 e. The lowest BCUT2D eigenvalue weighted by Gasteiger charge is -2.32. The van der Waals surface area contributed by atoms with Gasteiger partial charge in [0.25, 0.3) is 0 Å². The fourth-order valence-corrected chi connectivity index (χ4v) is 3.21. The van der Waals surface area contributed by atoms with E-state index in [4.69, 9.17) is 10.5 Å². The molecule has 20 heavy (non-hydrogen) atoms. The van der Waals surface area contributed by atoms with Crippen molar-refractivity contribution in [1.29, 1.82) is 0 Å². The summed E-state index contributed by atoms with van der Waals surface area (Å²) in [6.45, 7) is 6.92. The summed E-state index contributed by atoms with van der Waals surface area (Å²) in [5.41, 5.74) is 8.16. The Morgan fingerprint density at radius 3 is 2.75 bits per heavy atom. The molecule has 0 spiro atoms. The molecule has 0 amide bonds. The van der Waals surface area contributed by atoms with E-state index >= 15 is 0 Å². The molecule has 1 fully saturated rings. The molecule has 0 unspecified atom stereocenters. The van der Waals surface area contributed by atoms with Crippen molar-refractivity contribution in [3.8, 4) is 0 Å². The molecule has 1 saturated heterocycles. The number of hydrogen-bond acceptors (Lipinski definition) is 3. The quantitative estimate of drug-likeness (QED) is 0.808. The topological polar surface area (TPSA) is 38.5 Å². The summed E-state index contributed by atoms with van der Waals surface area (Å²) in [4.78, 5) is 2.51. The van der Waals surface area contributed by atoms with Gasteiger partial charge in [0.1, 0.15) is 0 Å². The molecule has 2 rings (SSSR count). The average molecular weight is 341 g/mol. The third-order valence-corrected chi connectivity index (χ3v) is 4.58. The number of piperidine rings is 1. The molecule has 4 heteroatoms. The Morgan fingerprint density at radius 2 is 2.10 bits per heavy atom. The van der Waals surface area contributed by atoms with E-state index in [1.54, 1.807) is 0 Å². The first-order chi connectivity index (χ1) is 9.69. The van der Waals surface area contributed by atoms with E-state index in [-0.39, 0.29) is 0 Å². The zero-order valence-corrected chi connectivity index (χ0v) is 13.9. The Labute approximate surface area is 130 Å². The van der Waals surface area contributed by atoms with Gasteiger partial charge in [0, 0.05) is 30.7 Å². The van der Waals surface area contributed by atoms with Gasteiger partial charge in [0.15, 0.2) is 0 Å². The Bertz CT molecular complexity index is 417. The van der Waals surface area contributed by atoms with Crippen LogP contribution in [0, 0.1) is 6.92 Å². The van der Waals surface area contributed by atoms with Crippen LogP contribution < -0.4 is 5.73 Å². The van der Waals surface area contributed by atoms with Crippen LogP contribution in [-0.2, 0) is 11.3 Å². The number of likely N-dealkylation sites (tertiary alicyclic amines) is 1. The predicted molar refractivity (Wildman–Crippen MR) is 86.8 cm³/mol. The molecule has 1 aromatic carbocycles. The lowest BCUT2D eigenvalue weighted by Crippen LogP contribution is -2.36. The largest absolute Gasteiger partial charge is 0.378 e. The maximum absolute atomic E-state index is 5.85. The van der Waals surface area contributed by atoms with Gasteiger partial charge in [-0.15, -0.1) is 0 Å². The smallest absolute Gasteiger partial charge is 0.0599 e. The summed E-state index contributed by atoms with van der Waals surface area (Å²) in [6.07, 6.45) is 3.66. The predicted octanol–water partition coefficient (Wildman–Crippen LogP) is 3.09. The molecule has 112 valence electrons. The van der Waals surface area contributed by atoms with Gasteiger partial charge in [-0.25, -0.2) is 0 Å². The molecule has 0 atom stereocenters. The van der Waals surface area contributed by atoms with E-state index < -0.39 is 0 Å². The Kier molecular flexibility index (Phi) is 6.49. The van der Waals surface area contributed by atoms with Crippen LogP contribution in [0.2, 0.25) is 0 Å². The molecule has 0 aromatic heterocycles. The number of benzene rings is 1. The number of nitrogens with two attached hydrogens (primary N) is 1. The molecule has 1 aliphatic rings. The second kappa shape index (κ2) is 8.13. The SMILES string of the molecule is Cc1ccc(CN2CCC(OCCCN)CC2)c(Br)c1. The highest BCUT2D eigenvalue weighted by Gasteiger charge is 2.19. The molecular formula is C16H25BrN2O. The molecule has 1 heterocycles. The van der Waals surface area contributed by atoms with Crippen LogP contribution in [0.15, 0.2) is 22.7 Å². The average Bonchev–Trinajstić information content (AvgIpc) is 2.44. The van der Waals surface area contributed by atoms with Crippen LogP contribution in [0.25, 0.3) is 0 Å². The number of ether oxygens (including phenoxy) is 1. The maximum Gasteiger partial charge on any atom is 0.0599 e. The summed E-state index contributed by atoms with van der Waals surface area (Å²) in [5, 5.41) is 0. The maximum atomic E-state index is 5.85. The fraction of sp³-hybridized carbons (Fsp3) is 0.625. The van der Waals surface area contributed by atoms with Crippen LogP contribution >= 0.6 is 15.9 Å². The summed E-state index contributed by atoms with van der Waals surface area (Å²) in [6, 6.07) is 6.60. The van der Waals surface area contributed by atoms with Crippen molar-refractivity contribution in [1.82, 2.24) is 4.90 Å². The highest BCUT2D eigenvalue weighted by Crippen LogP contribution is 2.22. The van der Waals surface area contributed by atoms with Crippen LogP contribution in [0.3, 0.4) is 0 Å². The van der Waals surface area contributed by atoms with Crippen LogP contribution in [-0.4, -0.2) is 37.2 Å². The monoisotopic (exact) mass is 340 g/mol. The molecule has 0 bridgehead atoms. The van der Waals surface area contributed by atoms with E-state index in [1.807, 2.05) is 0 Å². The zero-order valence-electron chi connectivity index (χ0n) is 12.3. The summed E-state index contributed by atoms with van der Waals surface area (Å²) in [5.74, 6) is 0. The first kappa shape index (κ1) is 16.0. The van der Waals surface area contributed by atoms with E-state index in [0.717, 1.165) is 52.0 Å². The lowest BCUT2D eigenvalue weighted by molar-refractivity contribution is 0.00560. The van der Waals surface area contributed by atoms with Gasteiger partial charge in [-0.2, -0.15) is 0 Å². The molecule has 0 radical (unpaired) electrons. The summed E-state index contributed by atoms with van der Waals surface area (Å²) in [7, 11) is 0. The fourth-order valence-electron chi connectivity index (χ4n) is 2.59. The van der Waals surface area contributed by atoms with E-state index in [1.165, 1.54) is 15.6 Å². The van der Waals surface area contributed by atoms with Crippen LogP contribution in [0.4, 0.5) is 0 Å². The highest BCUT2D eigenvalue weighted by atomic mass is 79.9. The van der Waals surface area contributed by atoms with Crippen molar-refractivity contribution in [2.24, 2.45) is 5.73 Å². The van der Waals surface area contributed by atoms with Crippen molar-refractivity contribution in [3.05, 3.63) is 33.8 Å². The van der Waals surface area contributed by atoms with Gasteiger partial charge in [-0.1, -0.05) is 28.1 Å². The van der Waals surface area contributed by atoms with Crippen molar-refractivity contribution in [3.63, 3.8) is 0 Å². The minimum atomic E-state index is 0.430. The van der Waals surface area contributed by atoms with E-state index in [9.17, 15) is 0 Å². The van der Waals surface area contributed by atoms with Crippen molar-refractivity contribution < 1.29 is 4.74 Å². The Hall–Kier alpha value is -0.420. The second-order valence-electron chi connectivity index (χ2n) is 5.58. The molecular weight excluding hydrogens is 316 g/mol. The summed E-state index contributed by atoms with van der Waals surface area (Å²) >= 11 is 3.66. The number of rotatable bonds is 6. The van der Waals surface area contributed by atoms with Crippen molar-refractivity contribution in [2.75, 3.05) is 26.2 Å². The van der Waals surface area contributed by atoms with Crippen LogP contribution in [0.1, 0.15) is 30.4 Å².